The molecule has 1 N–H and O–H groups in total. The van der Waals surface area contributed by atoms with E-state index in [4.69, 9.17) is 0 Å². The third kappa shape index (κ3) is 3.67. The molecule has 7 heteroatoms. The lowest BCUT2D eigenvalue weighted by Gasteiger charge is -2.23. The number of nitrogens with one attached hydrogen (secondary N) is 1. The zero-order valence-electron chi connectivity index (χ0n) is 11.7. The Kier molecular flexibility index (Phi) is 4.98. The fourth-order valence-corrected chi connectivity index (χ4v) is 5.12. The summed E-state index contributed by atoms with van der Waals surface area (Å²) in [6, 6.07) is 7.53. The molecular formula is C13H18N2O2S3. The van der Waals surface area contributed by atoms with Crippen LogP contribution in [0.5, 0.6) is 0 Å². The minimum atomic E-state index is -3.41. The number of rotatable bonds is 6. The summed E-state index contributed by atoms with van der Waals surface area (Å²) >= 11 is 2.93. The van der Waals surface area contributed by atoms with Gasteiger partial charge >= 0.3 is 0 Å². The molecule has 0 radical (unpaired) electrons. The number of hydrogen-bond acceptors (Lipinski definition) is 5. The molecule has 0 aliphatic heterocycles. The number of likely N-dealkylation sites (N-methyl/N-ethyl adjacent to an activating group) is 1. The normalized spacial score (nSPS) is 13.8. The Morgan fingerprint density at radius 3 is 2.55 bits per heavy atom. The van der Waals surface area contributed by atoms with E-state index in [-0.39, 0.29) is 6.04 Å². The van der Waals surface area contributed by atoms with Gasteiger partial charge < -0.3 is 4.90 Å². The Balaban J connectivity index is 2.10. The van der Waals surface area contributed by atoms with Crippen molar-refractivity contribution in [2.45, 2.75) is 17.2 Å². The van der Waals surface area contributed by atoms with Crippen LogP contribution in [0.1, 0.15) is 15.8 Å². The van der Waals surface area contributed by atoms with E-state index in [0.29, 0.717) is 10.8 Å². The quantitative estimate of drug-likeness (QED) is 0.886. The molecule has 110 valence electrons. The molecule has 0 spiro atoms. The predicted octanol–water partition coefficient (Wildman–Crippen LogP) is 2.70. The van der Waals surface area contributed by atoms with Crippen LogP contribution in [0, 0.1) is 6.92 Å². The van der Waals surface area contributed by atoms with Crippen LogP contribution in [-0.2, 0) is 10.0 Å². The molecule has 0 saturated heterocycles. The highest BCUT2D eigenvalue weighted by molar-refractivity contribution is 7.91. The molecule has 0 fully saturated rings. The van der Waals surface area contributed by atoms with Crippen LogP contribution in [0.2, 0.25) is 0 Å². The zero-order valence-corrected chi connectivity index (χ0v) is 14.1. The summed E-state index contributed by atoms with van der Waals surface area (Å²) in [4.78, 5) is 4.17. The van der Waals surface area contributed by atoms with Gasteiger partial charge in [0.2, 0.25) is 10.0 Å². The van der Waals surface area contributed by atoms with E-state index in [1.807, 2.05) is 49.5 Å². The summed E-state index contributed by atoms with van der Waals surface area (Å²) in [5.74, 6) is 0. The van der Waals surface area contributed by atoms with Crippen LogP contribution < -0.4 is 4.72 Å². The van der Waals surface area contributed by atoms with Gasteiger partial charge in [0.05, 0.1) is 6.04 Å². The van der Waals surface area contributed by atoms with Crippen LogP contribution >= 0.6 is 22.7 Å². The second kappa shape index (κ2) is 6.36. The maximum Gasteiger partial charge on any atom is 0.250 e. The molecule has 0 saturated carbocycles. The number of nitrogens with zero attached hydrogens (tertiary/aromatic N) is 1. The molecular weight excluding hydrogens is 312 g/mol. The Bertz CT molecular complexity index is 645. The third-order valence-electron chi connectivity index (χ3n) is 2.94. The Hall–Kier alpha value is -0.730. The van der Waals surface area contributed by atoms with Gasteiger partial charge in [0.15, 0.2) is 0 Å². The standard InChI is InChI=1S/C13H18N2O2S3/c1-10-6-7-13(19-10)20(16,17)14-9-11(15(2)3)12-5-4-8-18-12/h4-8,11,14H,9H2,1-3H3. The number of sulfonamides is 1. The van der Waals surface area contributed by atoms with Gasteiger partial charge in [-0.25, -0.2) is 13.1 Å². The minimum Gasteiger partial charge on any atom is -0.300 e. The molecule has 2 aromatic rings. The summed E-state index contributed by atoms with van der Waals surface area (Å²) in [5, 5.41) is 2.00. The van der Waals surface area contributed by atoms with Crippen molar-refractivity contribution in [3.8, 4) is 0 Å². The predicted molar refractivity (Wildman–Crippen MR) is 85.0 cm³/mol. The highest BCUT2D eigenvalue weighted by Crippen LogP contribution is 2.24. The molecule has 1 atom stereocenters. The Morgan fingerprint density at radius 1 is 1.30 bits per heavy atom. The number of hydrogen-bond donors (Lipinski definition) is 1. The van der Waals surface area contributed by atoms with Crippen molar-refractivity contribution < 1.29 is 8.42 Å². The molecule has 1 unspecified atom stereocenters. The van der Waals surface area contributed by atoms with Gasteiger partial charge in [-0.2, -0.15) is 0 Å². The lowest BCUT2D eigenvalue weighted by Crippen LogP contribution is -2.33. The van der Waals surface area contributed by atoms with E-state index in [9.17, 15) is 8.42 Å². The first kappa shape index (κ1) is 15.7. The fraction of sp³-hybridized carbons (Fsp3) is 0.385. The molecule has 2 heterocycles. The molecule has 0 aliphatic rings. The van der Waals surface area contributed by atoms with Crippen LogP contribution in [0.4, 0.5) is 0 Å². The SMILES string of the molecule is Cc1ccc(S(=O)(=O)NCC(c2cccs2)N(C)C)s1. The average molecular weight is 331 g/mol. The molecule has 2 aromatic heterocycles. The lowest BCUT2D eigenvalue weighted by atomic mass is 10.2. The van der Waals surface area contributed by atoms with Crippen molar-refractivity contribution in [1.29, 1.82) is 0 Å². The van der Waals surface area contributed by atoms with Crippen molar-refractivity contribution >= 4 is 32.7 Å². The van der Waals surface area contributed by atoms with E-state index in [0.717, 1.165) is 9.75 Å². The molecule has 4 nitrogen and oxygen atoms in total. The van der Waals surface area contributed by atoms with Crippen molar-refractivity contribution in [1.82, 2.24) is 9.62 Å². The van der Waals surface area contributed by atoms with Gasteiger partial charge in [-0.05, 0) is 44.6 Å². The molecule has 2 rings (SSSR count). The number of aryl methyl sites for hydroxylation is 1. The Morgan fingerprint density at radius 2 is 2.05 bits per heavy atom. The van der Waals surface area contributed by atoms with E-state index >= 15 is 0 Å². The highest BCUT2D eigenvalue weighted by Gasteiger charge is 2.21. The maximum atomic E-state index is 12.2. The molecule has 0 aliphatic carbocycles. The Labute approximate surface area is 128 Å². The van der Waals surface area contributed by atoms with Gasteiger partial charge in [-0.3, -0.25) is 0 Å². The number of thiophene rings is 2. The first-order chi connectivity index (χ1) is 9.40. The largest absolute Gasteiger partial charge is 0.300 e. The molecule has 0 amide bonds. The monoisotopic (exact) mass is 330 g/mol. The van der Waals surface area contributed by atoms with Crippen molar-refractivity contribution in [3.05, 3.63) is 39.4 Å². The van der Waals surface area contributed by atoms with Crippen molar-refractivity contribution in [2.24, 2.45) is 0 Å². The van der Waals surface area contributed by atoms with Gasteiger partial charge in [-0.1, -0.05) is 6.07 Å². The van der Waals surface area contributed by atoms with Crippen LogP contribution in [0.15, 0.2) is 33.9 Å². The summed E-state index contributed by atoms with van der Waals surface area (Å²) in [7, 11) is 0.492. The summed E-state index contributed by atoms with van der Waals surface area (Å²) in [6.07, 6.45) is 0. The topological polar surface area (TPSA) is 49.4 Å². The van der Waals surface area contributed by atoms with Crippen molar-refractivity contribution in [3.63, 3.8) is 0 Å². The van der Waals surface area contributed by atoms with Gasteiger partial charge in [0.25, 0.3) is 0 Å². The lowest BCUT2D eigenvalue weighted by molar-refractivity contribution is 0.303. The summed E-state index contributed by atoms with van der Waals surface area (Å²) in [5.41, 5.74) is 0. The summed E-state index contributed by atoms with van der Waals surface area (Å²) in [6.45, 7) is 2.27. The van der Waals surface area contributed by atoms with Gasteiger partial charge in [0.1, 0.15) is 4.21 Å². The second-order valence-electron chi connectivity index (χ2n) is 4.71. The van der Waals surface area contributed by atoms with Crippen LogP contribution in [0.25, 0.3) is 0 Å². The second-order valence-corrected chi connectivity index (χ2v) is 8.97. The van der Waals surface area contributed by atoms with E-state index in [1.165, 1.54) is 11.3 Å². The smallest absolute Gasteiger partial charge is 0.250 e. The fourth-order valence-electron chi connectivity index (χ4n) is 1.83. The van der Waals surface area contributed by atoms with Crippen molar-refractivity contribution in [2.75, 3.05) is 20.6 Å². The zero-order chi connectivity index (χ0) is 14.8. The van der Waals surface area contributed by atoms with Crippen LogP contribution in [0.3, 0.4) is 0 Å². The first-order valence-corrected chi connectivity index (χ1v) is 9.34. The van der Waals surface area contributed by atoms with Gasteiger partial charge in [0, 0.05) is 16.3 Å². The van der Waals surface area contributed by atoms with Crippen LogP contribution in [-0.4, -0.2) is 34.0 Å². The average Bonchev–Trinajstić information content (AvgIpc) is 3.00. The van der Waals surface area contributed by atoms with Gasteiger partial charge in [-0.15, -0.1) is 22.7 Å². The molecule has 0 bridgehead atoms. The third-order valence-corrected chi connectivity index (χ3v) is 6.83. The summed E-state index contributed by atoms with van der Waals surface area (Å²) < 4.78 is 27.5. The maximum absolute atomic E-state index is 12.2. The highest BCUT2D eigenvalue weighted by atomic mass is 32.2. The van der Waals surface area contributed by atoms with E-state index in [2.05, 4.69) is 4.72 Å². The molecule has 0 aromatic carbocycles. The first-order valence-electron chi connectivity index (χ1n) is 6.16. The van der Waals surface area contributed by atoms with E-state index < -0.39 is 10.0 Å². The van der Waals surface area contributed by atoms with E-state index in [1.54, 1.807) is 17.4 Å². The molecule has 20 heavy (non-hydrogen) atoms. The minimum absolute atomic E-state index is 0.0471.